The molecule has 0 saturated carbocycles. The summed E-state index contributed by atoms with van der Waals surface area (Å²) in [6.07, 6.45) is 1.48. The van der Waals surface area contributed by atoms with Gasteiger partial charge in [-0.2, -0.15) is 0 Å². The molecule has 0 aromatic carbocycles. The fourth-order valence-corrected chi connectivity index (χ4v) is 1.97. The van der Waals surface area contributed by atoms with Gasteiger partial charge in [0.15, 0.2) is 0 Å². The number of unbranched alkanes of at least 4 members (excludes halogenated alkanes) is 1. The van der Waals surface area contributed by atoms with Crippen molar-refractivity contribution in [2.75, 3.05) is 6.61 Å². The first-order chi connectivity index (χ1) is 10.9. The lowest BCUT2D eigenvalue weighted by molar-refractivity contribution is -0.173. The quantitative estimate of drug-likeness (QED) is 0.575. The molecule has 0 spiro atoms. The molecule has 8 heteroatoms. The topological polar surface area (TPSA) is 103 Å². The van der Waals surface area contributed by atoms with E-state index in [1.54, 1.807) is 0 Å². The highest BCUT2D eigenvalue weighted by atomic mass is 16.7. The minimum atomic E-state index is -1.12. The van der Waals surface area contributed by atoms with Crippen LogP contribution < -0.4 is 10.2 Å². The van der Waals surface area contributed by atoms with Gasteiger partial charge in [-0.05, 0) is 13.3 Å². The first-order valence-corrected chi connectivity index (χ1v) is 7.29. The number of nitrogens with zero attached hydrogens (tertiary/aromatic N) is 1. The van der Waals surface area contributed by atoms with E-state index in [9.17, 15) is 19.2 Å². The van der Waals surface area contributed by atoms with Crippen molar-refractivity contribution >= 4 is 17.8 Å². The number of hydrogen-bond acceptors (Lipinski definition) is 7. The second kappa shape index (κ2) is 7.08. The molecule has 0 unspecified atom stereocenters. The Labute approximate surface area is 131 Å². The highest BCUT2D eigenvalue weighted by molar-refractivity contribution is 6.02. The maximum atomic E-state index is 12.2. The second-order valence-corrected chi connectivity index (χ2v) is 5.04. The van der Waals surface area contributed by atoms with Crippen LogP contribution in [0.5, 0.6) is 5.75 Å². The summed E-state index contributed by atoms with van der Waals surface area (Å²) in [4.78, 5) is 51.9. The second-order valence-electron chi connectivity index (χ2n) is 5.04. The first-order valence-electron chi connectivity index (χ1n) is 7.29. The van der Waals surface area contributed by atoms with E-state index in [4.69, 9.17) is 14.0 Å². The smallest absolute Gasteiger partial charge is 0.403 e. The van der Waals surface area contributed by atoms with Crippen molar-refractivity contribution in [1.82, 2.24) is 5.06 Å². The van der Waals surface area contributed by atoms with Crippen LogP contribution in [0.3, 0.4) is 0 Å². The Kier molecular flexibility index (Phi) is 5.15. The fraction of sp³-hybridized carbons (Fsp3) is 0.467. The Morgan fingerprint density at radius 2 is 1.91 bits per heavy atom. The molecule has 23 heavy (non-hydrogen) atoms. The molecule has 2 heterocycles. The van der Waals surface area contributed by atoms with Gasteiger partial charge in [-0.15, -0.1) is 5.06 Å². The van der Waals surface area contributed by atoms with Gasteiger partial charge in [-0.3, -0.25) is 14.4 Å². The predicted molar refractivity (Wildman–Crippen MR) is 76.6 cm³/mol. The highest BCUT2D eigenvalue weighted by Crippen LogP contribution is 2.20. The zero-order valence-corrected chi connectivity index (χ0v) is 12.9. The van der Waals surface area contributed by atoms with Crippen LogP contribution in [0.15, 0.2) is 15.3 Å². The largest absolute Gasteiger partial charge is 0.486 e. The van der Waals surface area contributed by atoms with Crippen molar-refractivity contribution in [3.05, 3.63) is 27.8 Å². The third-order valence-electron chi connectivity index (χ3n) is 3.14. The molecule has 1 aromatic rings. The average molecular weight is 323 g/mol. The normalized spacial score (nSPS) is 14.3. The van der Waals surface area contributed by atoms with Crippen molar-refractivity contribution in [3.63, 3.8) is 0 Å². The van der Waals surface area contributed by atoms with E-state index >= 15 is 0 Å². The van der Waals surface area contributed by atoms with Crippen molar-refractivity contribution in [3.8, 4) is 5.75 Å². The number of aryl methyl sites for hydroxylation is 1. The predicted octanol–water partition coefficient (Wildman–Crippen LogP) is 1.35. The molecule has 0 atom stereocenters. The molecule has 2 rings (SSSR count). The fourth-order valence-electron chi connectivity index (χ4n) is 1.97. The minimum absolute atomic E-state index is 0.0241. The number of imide groups is 1. The summed E-state index contributed by atoms with van der Waals surface area (Å²) < 4.78 is 10.5. The van der Waals surface area contributed by atoms with Gasteiger partial charge in [-0.25, -0.2) is 4.79 Å². The zero-order chi connectivity index (χ0) is 17.0. The summed E-state index contributed by atoms with van der Waals surface area (Å²) in [7, 11) is 0. The summed E-state index contributed by atoms with van der Waals surface area (Å²) in [5.74, 6) is -2.92. The summed E-state index contributed by atoms with van der Waals surface area (Å²) in [5, 5.41) is 0.389. The number of carbonyl (C=O) groups is 3. The lowest BCUT2D eigenvalue weighted by Gasteiger charge is -2.14. The molecule has 1 fully saturated rings. The number of hydroxylamine groups is 2. The molecule has 8 nitrogen and oxygen atoms in total. The molecule has 0 bridgehead atoms. The molecule has 0 radical (unpaired) electrons. The van der Waals surface area contributed by atoms with Crippen molar-refractivity contribution < 1.29 is 28.4 Å². The van der Waals surface area contributed by atoms with E-state index < -0.39 is 29.0 Å². The lowest BCUT2D eigenvalue weighted by atomic mass is 10.3. The van der Waals surface area contributed by atoms with Gasteiger partial charge in [-0.1, -0.05) is 13.3 Å². The molecule has 1 saturated heterocycles. The van der Waals surface area contributed by atoms with Crippen molar-refractivity contribution in [2.24, 2.45) is 0 Å². The van der Waals surface area contributed by atoms with E-state index in [2.05, 4.69) is 0 Å². The van der Waals surface area contributed by atoms with Gasteiger partial charge in [0, 0.05) is 18.9 Å². The van der Waals surface area contributed by atoms with Crippen LogP contribution in [0.1, 0.15) is 48.9 Å². The summed E-state index contributed by atoms with van der Waals surface area (Å²) in [6, 6.07) is 1.18. The number of ether oxygens (including phenoxy) is 1. The number of rotatable bonds is 6. The van der Waals surface area contributed by atoms with Gasteiger partial charge in [0.2, 0.25) is 11.2 Å². The standard InChI is InChI=1S/C15H17NO7/c1-3-4-7-21-13-10(17)8-9(2)22-14(13)15(20)23-16-11(18)5-6-12(16)19/h8H,3-7H2,1-2H3. The summed E-state index contributed by atoms with van der Waals surface area (Å²) in [6.45, 7) is 3.66. The van der Waals surface area contributed by atoms with Crippen LogP contribution in [0.2, 0.25) is 0 Å². The molecular weight excluding hydrogens is 306 g/mol. The van der Waals surface area contributed by atoms with E-state index in [1.165, 1.54) is 13.0 Å². The molecule has 0 N–H and O–H groups in total. The Bertz CT molecular complexity index is 676. The molecule has 1 aromatic heterocycles. The van der Waals surface area contributed by atoms with Gasteiger partial charge in [0.25, 0.3) is 17.6 Å². The van der Waals surface area contributed by atoms with Gasteiger partial charge in [0.1, 0.15) is 5.76 Å². The van der Waals surface area contributed by atoms with Gasteiger partial charge >= 0.3 is 5.97 Å². The Morgan fingerprint density at radius 3 is 2.52 bits per heavy atom. The Balaban J connectivity index is 2.26. The summed E-state index contributed by atoms with van der Waals surface area (Å²) in [5.41, 5.74) is -0.532. The summed E-state index contributed by atoms with van der Waals surface area (Å²) >= 11 is 0. The van der Waals surface area contributed by atoms with Crippen LogP contribution in [0, 0.1) is 6.92 Å². The number of carbonyl (C=O) groups excluding carboxylic acids is 3. The third-order valence-corrected chi connectivity index (χ3v) is 3.14. The van der Waals surface area contributed by atoms with Crippen molar-refractivity contribution in [2.45, 2.75) is 39.5 Å². The maximum absolute atomic E-state index is 12.2. The van der Waals surface area contributed by atoms with E-state index in [-0.39, 0.29) is 31.0 Å². The van der Waals surface area contributed by atoms with Gasteiger partial charge < -0.3 is 14.0 Å². The lowest BCUT2D eigenvalue weighted by Crippen LogP contribution is -2.32. The third kappa shape index (κ3) is 3.77. The van der Waals surface area contributed by atoms with E-state index in [0.29, 0.717) is 11.5 Å². The SMILES string of the molecule is CCCCOc1c(C(=O)ON2C(=O)CCC2=O)oc(C)cc1=O. The first kappa shape index (κ1) is 16.7. The van der Waals surface area contributed by atoms with Crippen LogP contribution in [0.4, 0.5) is 0 Å². The number of amides is 2. The van der Waals surface area contributed by atoms with E-state index in [1.807, 2.05) is 6.92 Å². The van der Waals surface area contributed by atoms with Crippen LogP contribution in [-0.2, 0) is 14.4 Å². The molecule has 0 aliphatic carbocycles. The number of hydrogen-bond donors (Lipinski definition) is 0. The highest BCUT2D eigenvalue weighted by Gasteiger charge is 2.35. The Hall–Kier alpha value is -2.64. The average Bonchev–Trinajstić information content (AvgIpc) is 2.81. The molecule has 1 aliphatic rings. The van der Waals surface area contributed by atoms with E-state index in [0.717, 1.165) is 6.42 Å². The zero-order valence-electron chi connectivity index (χ0n) is 12.9. The van der Waals surface area contributed by atoms with Gasteiger partial charge in [0.05, 0.1) is 6.61 Å². The minimum Gasteiger partial charge on any atom is -0.486 e. The maximum Gasteiger partial charge on any atom is 0.403 e. The molecule has 1 aliphatic heterocycles. The van der Waals surface area contributed by atoms with Crippen molar-refractivity contribution in [1.29, 1.82) is 0 Å². The monoisotopic (exact) mass is 323 g/mol. The molecular formula is C15H17NO7. The van der Waals surface area contributed by atoms with Crippen LogP contribution >= 0.6 is 0 Å². The van der Waals surface area contributed by atoms with Crippen LogP contribution in [0.25, 0.3) is 0 Å². The van der Waals surface area contributed by atoms with Crippen LogP contribution in [-0.4, -0.2) is 29.5 Å². The molecule has 2 amide bonds. The Morgan fingerprint density at radius 1 is 1.26 bits per heavy atom. The molecule has 124 valence electrons.